The number of carbonyl (C=O) groups is 1. The zero-order chi connectivity index (χ0) is 17.4. The molecule has 4 nitrogen and oxygen atoms in total. The van der Waals surface area contributed by atoms with Gasteiger partial charge >= 0.3 is 0 Å². The van der Waals surface area contributed by atoms with Crippen molar-refractivity contribution in [1.82, 2.24) is 9.78 Å². The highest BCUT2D eigenvalue weighted by atomic mass is 35.5. The van der Waals surface area contributed by atoms with Crippen LogP contribution in [-0.2, 0) is 12.8 Å². The highest BCUT2D eigenvalue weighted by Gasteiger charge is 2.27. The molecule has 0 spiro atoms. The first-order valence-corrected chi connectivity index (χ1v) is 8.81. The number of anilines is 1. The van der Waals surface area contributed by atoms with Gasteiger partial charge in [-0.15, -0.1) is 0 Å². The summed E-state index contributed by atoms with van der Waals surface area (Å²) in [7, 11) is 0. The molecule has 1 aliphatic carbocycles. The Bertz CT molecular complexity index is 951. The van der Waals surface area contributed by atoms with E-state index in [-0.39, 0.29) is 5.91 Å². The number of halogens is 2. The van der Waals surface area contributed by atoms with Gasteiger partial charge in [0, 0.05) is 16.3 Å². The molecule has 0 aliphatic heterocycles. The zero-order valence-corrected chi connectivity index (χ0v) is 14.8. The lowest BCUT2D eigenvalue weighted by Gasteiger charge is -2.07. The molecule has 1 amide bonds. The number of hydrogen-bond acceptors (Lipinski definition) is 2. The van der Waals surface area contributed by atoms with Gasteiger partial charge in [0.1, 0.15) is 0 Å². The van der Waals surface area contributed by atoms with E-state index >= 15 is 0 Å². The van der Waals surface area contributed by atoms with E-state index < -0.39 is 0 Å². The van der Waals surface area contributed by atoms with Gasteiger partial charge in [-0.2, -0.15) is 5.10 Å². The maximum absolute atomic E-state index is 12.8. The molecule has 0 radical (unpaired) electrons. The Balaban J connectivity index is 1.71. The van der Waals surface area contributed by atoms with Crippen LogP contribution in [0.15, 0.2) is 48.5 Å². The van der Waals surface area contributed by atoms with Gasteiger partial charge in [0.25, 0.3) is 5.91 Å². The van der Waals surface area contributed by atoms with Crippen LogP contribution in [0.3, 0.4) is 0 Å². The van der Waals surface area contributed by atoms with Crippen LogP contribution in [0.5, 0.6) is 0 Å². The molecule has 1 aromatic heterocycles. The van der Waals surface area contributed by atoms with Gasteiger partial charge in [-0.1, -0.05) is 41.4 Å². The number of fused-ring (bicyclic) bond motifs is 1. The minimum Gasteiger partial charge on any atom is -0.319 e. The van der Waals surface area contributed by atoms with E-state index in [1.165, 1.54) is 0 Å². The summed E-state index contributed by atoms with van der Waals surface area (Å²) in [6.45, 7) is 0. The molecule has 0 unspecified atom stereocenters. The van der Waals surface area contributed by atoms with Crippen LogP contribution in [0.25, 0.3) is 5.69 Å². The fourth-order valence-electron chi connectivity index (χ4n) is 3.18. The van der Waals surface area contributed by atoms with Crippen LogP contribution in [-0.4, -0.2) is 15.7 Å². The SMILES string of the molecule is O=C(Nc1cc(Cl)ccc1Cl)c1nn(-c2ccccc2)c2c1CCC2. The number of nitrogens with one attached hydrogen (secondary N) is 1. The topological polar surface area (TPSA) is 46.9 Å². The van der Waals surface area contributed by atoms with E-state index in [1.807, 2.05) is 35.0 Å². The lowest BCUT2D eigenvalue weighted by atomic mass is 10.2. The summed E-state index contributed by atoms with van der Waals surface area (Å²) in [6, 6.07) is 14.8. The standard InChI is InChI=1S/C19H15Cl2N3O/c20-12-9-10-15(21)16(11-12)22-19(25)18-14-7-4-8-17(14)24(23-18)13-5-2-1-3-6-13/h1-3,5-6,9-11H,4,7-8H2,(H,22,25). The smallest absolute Gasteiger partial charge is 0.276 e. The molecule has 0 saturated heterocycles. The van der Waals surface area contributed by atoms with E-state index in [4.69, 9.17) is 23.2 Å². The third kappa shape index (κ3) is 3.03. The largest absolute Gasteiger partial charge is 0.319 e. The molecule has 0 bridgehead atoms. The summed E-state index contributed by atoms with van der Waals surface area (Å²) < 4.78 is 1.87. The normalized spacial score (nSPS) is 12.9. The van der Waals surface area contributed by atoms with Crippen LogP contribution < -0.4 is 5.32 Å². The molecule has 0 fully saturated rings. The van der Waals surface area contributed by atoms with Gasteiger partial charge in [-0.05, 0) is 49.6 Å². The maximum atomic E-state index is 12.8. The van der Waals surface area contributed by atoms with Crippen LogP contribution in [0.4, 0.5) is 5.69 Å². The van der Waals surface area contributed by atoms with Crippen molar-refractivity contribution < 1.29 is 4.79 Å². The number of carbonyl (C=O) groups excluding carboxylic acids is 1. The van der Waals surface area contributed by atoms with Gasteiger partial charge in [0.15, 0.2) is 5.69 Å². The summed E-state index contributed by atoms with van der Waals surface area (Å²) in [6.07, 6.45) is 2.80. The molecule has 3 aromatic rings. The van der Waals surface area contributed by atoms with Crippen molar-refractivity contribution in [3.8, 4) is 5.69 Å². The van der Waals surface area contributed by atoms with Crippen molar-refractivity contribution in [3.05, 3.63) is 75.5 Å². The minimum atomic E-state index is -0.267. The molecule has 4 rings (SSSR count). The van der Waals surface area contributed by atoms with Crippen molar-refractivity contribution >= 4 is 34.8 Å². The second-order valence-corrected chi connectivity index (χ2v) is 6.80. The fourth-order valence-corrected chi connectivity index (χ4v) is 3.51. The van der Waals surface area contributed by atoms with Gasteiger partial charge in [-0.25, -0.2) is 4.68 Å². The highest BCUT2D eigenvalue weighted by Crippen LogP contribution is 2.30. The number of para-hydroxylation sites is 1. The average molecular weight is 372 g/mol. The second kappa shape index (κ2) is 6.54. The molecule has 1 heterocycles. The van der Waals surface area contributed by atoms with Crippen LogP contribution >= 0.6 is 23.2 Å². The molecule has 126 valence electrons. The number of hydrogen-bond donors (Lipinski definition) is 1. The summed E-state index contributed by atoms with van der Waals surface area (Å²) in [4.78, 5) is 12.8. The number of rotatable bonds is 3. The van der Waals surface area contributed by atoms with Crippen LogP contribution in [0, 0.1) is 0 Å². The predicted octanol–water partition coefficient (Wildman–Crippen LogP) is 4.92. The molecule has 1 N–H and O–H groups in total. The molecule has 0 saturated carbocycles. The van der Waals surface area contributed by atoms with E-state index in [0.717, 1.165) is 36.2 Å². The first-order valence-electron chi connectivity index (χ1n) is 8.06. The van der Waals surface area contributed by atoms with Crippen molar-refractivity contribution in [2.45, 2.75) is 19.3 Å². The Morgan fingerprint density at radius 3 is 2.68 bits per heavy atom. The molecule has 6 heteroatoms. The van der Waals surface area contributed by atoms with Crippen molar-refractivity contribution in [1.29, 1.82) is 0 Å². The van der Waals surface area contributed by atoms with E-state index in [0.29, 0.717) is 21.4 Å². The Labute approximate surface area is 155 Å². The van der Waals surface area contributed by atoms with Gasteiger partial charge in [-0.3, -0.25) is 4.79 Å². The van der Waals surface area contributed by atoms with Crippen LogP contribution in [0.1, 0.15) is 28.2 Å². The third-order valence-electron chi connectivity index (χ3n) is 4.32. The van der Waals surface area contributed by atoms with Crippen molar-refractivity contribution in [2.75, 3.05) is 5.32 Å². The van der Waals surface area contributed by atoms with Gasteiger partial charge in [0.05, 0.1) is 16.4 Å². The van der Waals surface area contributed by atoms with E-state index in [2.05, 4.69) is 10.4 Å². The fraction of sp³-hybridized carbons (Fsp3) is 0.158. The number of amides is 1. The minimum absolute atomic E-state index is 0.267. The molecule has 25 heavy (non-hydrogen) atoms. The number of benzene rings is 2. The highest BCUT2D eigenvalue weighted by molar-refractivity contribution is 6.35. The van der Waals surface area contributed by atoms with E-state index in [1.54, 1.807) is 18.2 Å². The lowest BCUT2D eigenvalue weighted by molar-refractivity contribution is 0.102. The third-order valence-corrected chi connectivity index (χ3v) is 4.89. The summed E-state index contributed by atoms with van der Waals surface area (Å²) >= 11 is 12.1. The van der Waals surface area contributed by atoms with Gasteiger partial charge < -0.3 is 5.32 Å². The first kappa shape index (κ1) is 16.2. The van der Waals surface area contributed by atoms with Crippen LogP contribution in [0.2, 0.25) is 10.0 Å². The first-order chi connectivity index (χ1) is 12.1. The monoisotopic (exact) mass is 371 g/mol. The number of nitrogens with zero attached hydrogens (tertiary/aromatic N) is 2. The number of aromatic nitrogens is 2. The van der Waals surface area contributed by atoms with E-state index in [9.17, 15) is 4.79 Å². The summed E-state index contributed by atoms with van der Waals surface area (Å²) in [5.74, 6) is -0.267. The van der Waals surface area contributed by atoms with Crippen molar-refractivity contribution in [2.24, 2.45) is 0 Å². The Kier molecular flexibility index (Phi) is 4.24. The molecule has 0 atom stereocenters. The lowest BCUT2D eigenvalue weighted by Crippen LogP contribution is -2.15. The van der Waals surface area contributed by atoms with Crippen molar-refractivity contribution in [3.63, 3.8) is 0 Å². The average Bonchev–Trinajstić information content (AvgIpc) is 3.21. The van der Waals surface area contributed by atoms with Gasteiger partial charge in [0.2, 0.25) is 0 Å². The second-order valence-electron chi connectivity index (χ2n) is 5.95. The molecule has 1 aliphatic rings. The molecule has 2 aromatic carbocycles. The predicted molar refractivity (Wildman–Crippen MR) is 100 cm³/mol. The summed E-state index contributed by atoms with van der Waals surface area (Å²) in [5, 5.41) is 8.36. The Hall–Kier alpha value is -2.30. The molecular weight excluding hydrogens is 357 g/mol. The maximum Gasteiger partial charge on any atom is 0.276 e. The Morgan fingerprint density at radius 2 is 1.88 bits per heavy atom. The zero-order valence-electron chi connectivity index (χ0n) is 13.3. The summed E-state index contributed by atoms with van der Waals surface area (Å²) in [5.41, 5.74) is 4.01. The quantitative estimate of drug-likeness (QED) is 0.709. The Morgan fingerprint density at radius 1 is 1.08 bits per heavy atom. The molecular formula is C19H15Cl2N3O.